The second kappa shape index (κ2) is 7.88. The number of esters is 1. The molecule has 2 atom stereocenters. The molecule has 1 aliphatic carbocycles. The topological polar surface area (TPSA) is 43.4 Å². The summed E-state index contributed by atoms with van der Waals surface area (Å²) in [7, 11) is 0. The van der Waals surface area contributed by atoms with E-state index >= 15 is 0 Å². The van der Waals surface area contributed by atoms with E-state index in [2.05, 4.69) is 0 Å². The highest BCUT2D eigenvalue weighted by atomic mass is 35.5. The molecule has 0 radical (unpaired) electrons. The highest BCUT2D eigenvalue weighted by Gasteiger charge is 2.39. The molecule has 0 spiro atoms. The molecule has 0 saturated carbocycles. The maximum absolute atomic E-state index is 12.8. The van der Waals surface area contributed by atoms with Crippen LogP contribution in [0.5, 0.6) is 0 Å². The second-order valence-corrected chi connectivity index (χ2v) is 6.97. The molecule has 3 nitrogen and oxygen atoms in total. The van der Waals surface area contributed by atoms with Crippen molar-refractivity contribution >= 4 is 28.9 Å². The predicted octanol–water partition coefficient (Wildman–Crippen LogP) is 4.97. The smallest absolute Gasteiger partial charge is 0.317 e. The molecule has 1 aliphatic rings. The fraction of sp³-hybridized carbons (Fsp3) is 0.273. The van der Waals surface area contributed by atoms with Gasteiger partial charge >= 0.3 is 5.97 Å². The third-order valence-electron chi connectivity index (χ3n) is 4.73. The fourth-order valence-electron chi connectivity index (χ4n) is 3.38. The first-order valence-electron chi connectivity index (χ1n) is 8.73. The first kappa shape index (κ1) is 18.4. The summed E-state index contributed by atoms with van der Waals surface area (Å²) in [4.78, 5) is 25.3. The lowest BCUT2D eigenvalue weighted by molar-refractivity contribution is -0.151. The molecule has 0 aromatic heterocycles. The highest BCUT2D eigenvalue weighted by Crippen LogP contribution is 2.40. The van der Waals surface area contributed by atoms with Crippen LogP contribution in [0, 0.1) is 12.8 Å². The van der Waals surface area contributed by atoms with Crippen molar-refractivity contribution in [3.8, 4) is 0 Å². The zero-order valence-corrected chi connectivity index (χ0v) is 15.6. The molecule has 0 saturated heterocycles. The van der Waals surface area contributed by atoms with Gasteiger partial charge in [-0.2, -0.15) is 0 Å². The van der Waals surface area contributed by atoms with Crippen molar-refractivity contribution in [3.63, 3.8) is 0 Å². The van der Waals surface area contributed by atoms with Crippen molar-refractivity contribution in [2.24, 2.45) is 5.92 Å². The molecule has 0 heterocycles. The van der Waals surface area contributed by atoms with Crippen LogP contribution in [0.1, 0.15) is 36.0 Å². The maximum atomic E-state index is 12.8. The van der Waals surface area contributed by atoms with Gasteiger partial charge in [0.15, 0.2) is 5.78 Å². The molecule has 0 fully saturated rings. The van der Waals surface area contributed by atoms with Crippen LogP contribution in [-0.2, 0) is 14.3 Å². The Bertz CT molecular complexity index is 835. The Morgan fingerprint density at radius 3 is 2.38 bits per heavy atom. The number of halogens is 1. The van der Waals surface area contributed by atoms with Crippen LogP contribution in [0.4, 0.5) is 0 Å². The molecule has 3 rings (SSSR count). The Hall–Kier alpha value is -2.39. The average Bonchev–Trinajstić information content (AvgIpc) is 2.62. The third kappa shape index (κ3) is 3.88. The molecule has 0 aliphatic heterocycles. The molecule has 0 amide bonds. The van der Waals surface area contributed by atoms with Crippen molar-refractivity contribution in [2.45, 2.75) is 26.2 Å². The van der Waals surface area contributed by atoms with Gasteiger partial charge in [0.2, 0.25) is 0 Å². The number of hydrogen-bond acceptors (Lipinski definition) is 3. The predicted molar refractivity (Wildman–Crippen MR) is 103 cm³/mol. The Balaban J connectivity index is 2.01. The minimum Gasteiger partial charge on any atom is -0.465 e. The molecular formula is C22H21ClO3. The van der Waals surface area contributed by atoms with Gasteiger partial charge < -0.3 is 4.74 Å². The Kier molecular flexibility index (Phi) is 5.58. The van der Waals surface area contributed by atoms with Crippen molar-refractivity contribution in [3.05, 3.63) is 76.3 Å². The van der Waals surface area contributed by atoms with Gasteiger partial charge in [0.25, 0.3) is 0 Å². The van der Waals surface area contributed by atoms with Crippen molar-refractivity contribution in [1.29, 1.82) is 0 Å². The number of ketones is 1. The van der Waals surface area contributed by atoms with Crippen LogP contribution in [0.3, 0.4) is 0 Å². The lowest BCUT2D eigenvalue weighted by Gasteiger charge is -2.29. The van der Waals surface area contributed by atoms with E-state index in [0.29, 0.717) is 11.4 Å². The van der Waals surface area contributed by atoms with E-state index in [0.717, 1.165) is 22.3 Å². The molecular weight excluding hydrogens is 348 g/mol. The van der Waals surface area contributed by atoms with E-state index in [1.165, 1.54) is 0 Å². The standard InChI is InChI=1S/C22H21ClO3/c1-3-26-22(25)21-19(16-8-10-18(23)11-9-16)12-17(13-20(21)24)15-6-4-14(2)5-7-15/h4-11,13,19,21H,3,12H2,1-2H3/t19-,21+/m1/s1. The van der Waals surface area contributed by atoms with E-state index in [4.69, 9.17) is 16.3 Å². The third-order valence-corrected chi connectivity index (χ3v) is 4.98. The minimum absolute atomic E-state index is 0.203. The van der Waals surface area contributed by atoms with Gasteiger partial charge in [0.1, 0.15) is 5.92 Å². The first-order valence-corrected chi connectivity index (χ1v) is 9.11. The van der Waals surface area contributed by atoms with Gasteiger partial charge in [-0.25, -0.2) is 0 Å². The highest BCUT2D eigenvalue weighted by molar-refractivity contribution is 6.30. The SMILES string of the molecule is CCOC(=O)[C@@H]1C(=O)C=C(c2ccc(C)cc2)C[C@@H]1c1ccc(Cl)cc1. The second-order valence-electron chi connectivity index (χ2n) is 6.53. The van der Waals surface area contributed by atoms with Crippen LogP contribution < -0.4 is 0 Å². The Labute approximate surface area is 158 Å². The summed E-state index contributed by atoms with van der Waals surface area (Å²) in [6.45, 7) is 4.03. The summed E-state index contributed by atoms with van der Waals surface area (Å²) >= 11 is 6.00. The van der Waals surface area contributed by atoms with Crippen LogP contribution in [0.2, 0.25) is 5.02 Å². The number of carbonyl (C=O) groups excluding carboxylic acids is 2. The van der Waals surface area contributed by atoms with Gasteiger partial charge in [-0.1, -0.05) is 53.6 Å². The number of aryl methyl sites for hydroxylation is 1. The number of carbonyl (C=O) groups is 2. The molecule has 2 aromatic carbocycles. The van der Waals surface area contributed by atoms with E-state index in [9.17, 15) is 9.59 Å². The van der Waals surface area contributed by atoms with E-state index in [1.54, 1.807) is 25.1 Å². The lowest BCUT2D eigenvalue weighted by atomic mass is 9.73. The molecule has 0 unspecified atom stereocenters. The number of hydrogen-bond donors (Lipinski definition) is 0. The molecule has 26 heavy (non-hydrogen) atoms. The quantitative estimate of drug-likeness (QED) is 0.565. The number of ether oxygens (including phenoxy) is 1. The van der Waals surface area contributed by atoms with Crippen LogP contribution in [-0.4, -0.2) is 18.4 Å². The zero-order valence-electron chi connectivity index (χ0n) is 14.9. The number of rotatable bonds is 4. The van der Waals surface area contributed by atoms with Crippen molar-refractivity contribution in [2.75, 3.05) is 6.61 Å². The zero-order chi connectivity index (χ0) is 18.7. The number of allylic oxidation sites excluding steroid dienone is 2. The van der Waals surface area contributed by atoms with Gasteiger partial charge in [-0.3, -0.25) is 9.59 Å². The first-order chi connectivity index (χ1) is 12.5. The molecule has 2 aromatic rings. The van der Waals surface area contributed by atoms with Crippen molar-refractivity contribution < 1.29 is 14.3 Å². The summed E-state index contributed by atoms with van der Waals surface area (Å²) in [5.41, 5.74) is 4.02. The monoisotopic (exact) mass is 368 g/mol. The summed E-state index contributed by atoms with van der Waals surface area (Å²) < 4.78 is 5.17. The molecule has 0 N–H and O–H groups in total. The fourth-order valence-corrected chi connectivity index (χ4v) is 3.50. The van der Waals surface area contributed by atoms with Gasteiger partial charge in [-0.15, -0.1) is 0 Å². The van der Waals surface area contributed by atoms with Crippen LogP contribution in [0.25, 0.3) is 5.57 Å². The van der Waals surface area contributed by atoms with Crippen LogP contribution >= 0.6 is 11.6 Å². The Morgan fingerprint density at radius 1 is 1.12 bits per heavy atom. The van der Waals surface area contributed by atoms with Gasteiger partial charge in [0.05, 0.1) is 6.61 Å². The maximum Gasteiger partial charge on any atom is 0.317 e. The summed E-state index contributed by atoms with van der Waals surface area (Å²) in [5.74, 6) is -1.74. The lowest BCUT2D eigenvalue weighted by Crippen LogP contribution is -2.34. The minimum atomic E-state index is -0.815. The Morgan fingerprint density at radius 2 is 1.77 bits per heavy atom. The van der Waals surface area contributed by atoms with E-state index in [-0.39, 0.29) is 18.3 Å². The summed E-state index contributed by atoms with van der Waals surface area (Å²) in [6.07, 6.45) is 2.19. The largest absolute Gasteiger partial charge is 0.465 e. The molecule has 134 valence electrons. The molecule has 4 heteroatoms. The van der Waals surface area contributed by atoms with Crippen LogP contribution in [0.15, 0.2) is 54.6 Å². The molecule has 0 bridgehead atoms. The van der Waals surface area contributed by atoms with E-state index in [1.807, 2.05) is 43.3 Å². The van der Waals surface area contributed by atoms with Crippen molar-refractivity contribution in [1.82, 2.24) is 0 Å². The van der Waals surface area contributed by atoms with Gasteiger partial charge in [-0.05, 0) is 55.2 Å². The number of benzene rings is 2. The summed E-state index contributed by atoms with van der Waals surface area (Å²) in [6, 6.07) is 15.4. The van der Waals surface area contributed by atoms with Gasteiger partial charge in [0, 0.05) is 10.9 Å². The van der Waals surface area contributed by atoms with E-state index < -0.39 is 11.9 Å². The summed E-state index contributed by atoms with van der Waals surface area (Å²) in [5, 5.41) is 0.623. The normalized spacial score (nSPS) is 19.8. The average molecular weight is 369 g/mol.